The van der Waals surface area contributed by atoms with Crippen LogP contribution in [0.1, 0.15) is 19.3 Å². The minimum atomic E-state index is -1.42. The summed E-state index contributed by atoms with van der Waals surface area (Å²) in [6.07, 6.45) is 0.452. The molecule has 0 aliphatic heterocycles. The van der Waals surface area contributed by atoms with E-state index in [9.17, 15) is 9.18 Å². The summed E-state index contributed by atoms with van der Waals surface area (Å²) in [6, 6.07) is 7.61. The van der Waals surface area contributed by atoms with Gasteiger partial charge in [-0.05, 0) is 43.5 Å². The second-order valence-electron chi connectivity index (χ2n) is 5.81. The molecule has 4 nitrogen and oxygen atoms in total. The van der Waals surface area contributed by atoms with Crippen molar-refractivity contribution in [2.75, 3.05) is 20.2 Å². The monoisotopic (exact) mass is 372 g/mol. The largest absolute Gasteiger partial charge is 0.494 e. The van der Waals surface area contributed by atoms with Crippen LogP contribution in [0.2, 0.25) is 0 Å². The molecule has 1 aromatic carbocycles. The fraction of sp³-hybridized carbons (Fsp3) is 0.562. The smallest absolute Gasteiger partial charge is 0.257 e. The minimum Gasteiger partial charge on any atom is -0.494 e. The lowest BCUT2D eigenvalue weighted by molar-refractivity contribution is -0.138. The Morgan fingerprint density at radius 3 is 2.68 bits per heavy atom. The van der Waals surface area contributed by atoms with E-state index in [0.717, 1.165) is 10.2 Å². The molecule has 1 aliphatic rings. The third kappa shape index (κ3) is 4.68. The van der Waals surface area contributed by atoms with E-state index in [-0.39, 0.29) is 12.0 Å². The molecule has 2 rings (SSSR count). The number of hydrogen-bond donors (Lipinski definition) is 1. The fourth-order valence-electron chi connectivity index (χ4n) is 2.49. The van der Waals surface area contributed by atoms with Gasteiger partial charge in [-0.3, -0.25) is 4.79 Å². The molecule has 2 N–H and O–H groups in total. The van der Waals surface area contributed by atoms with E-state index >= 15 is 0 Å². The van der Waals surface area contributed by atoms with Crippen LogP contribution in [-0.4, -0.2) is 43.2 Å². The number of halogens is 2. The molecule has 0 bridgehead atoms. The van der Waals surface area contributed by atoms with Crippen molar-refractivity contribution in [2.24, 2.45) is 11.7 Å². The van der Waals surface area contributed by atoms with Crippen molar-refractivity contribution >= 4 is 21.8 Å². The highest BCUT2D eigenvalue weighted by Crippen LogP contribution is 2.31. The van der Waals surface area contributed by atoms with Crippen molar-refractivity contribution in [3.8, 4) is 5.75 Å². The van der Waals surface area contributed by atoms with Crippen LogP contribution in [-0.2, 0) is 4.79 Å². The minimum absolute atomic E-state index is 0.0562. The number of benzene rings is 1. The average Bonchev–Trinajstić information content (AvgIpc) is 2.48. The Balaban J connectivity index is 1.65. The zero-order chi connectivity index (χ0) is 16.1. The summed E-state index contributed by atoms with van der Waals surface area (Å²) in [5, 5.41) is 0. The highest BCUT2D eigenvalue weighted by Gasteiger charge is 2.38. The molecule has 22 heavy (non-hydrogen) atoms. The van der Waals surface area contributed by atoms with Gasteiger partial charge in [0.2, 0.25) is 0 Å². The van der Waals surface area contributed by atoms with Crippen LogP contribution >= 0.6 is 15.9 Å². The first-order valence-electron chi connectivity index (χ1n) is 7.50. The normalized spacial score (nSPS) is 21.8. The van der Waals surface area contributed by atoms with Gasteiger partial charge < -0.3 is 15.4 Å². The van der Waals surface area contributed by atoms with Crippen LogP contribution in [0.5, 0.6) is 5.75 Å². The molecular formula is C16H22BrFN2O2. The number of hydrogen-bond acceptors (Lipinski definition) is 3. The predicted molar refractivity (Wildman–Crippen MR) is 87.5 cm³/mol. The molecule has 1 amide bonds. The van der Waals surface area contributed by atoms with Crippen molar-refractivity contribution in [3.63, 3.8) is 0 Å². The van der Waals surface area contributed by atoms with E-state index in [1.807, 2.05) is 24.3 Å². The quantitative estimate of drug-likeness (QED) is 0.748. The van der Waals surface area contributed by atoms with Gasteiger partial charge in [0.15, 0.2) is 6.17 Å². The van der Waals surface area contributed by atoms with Crippen molar-refractivity contribution in [3.05, 3.63) is 28.7 Å². The first-order chi connectivity index (χ1) is 10.5. The van der Waals surface area contributed by atoms with Crippen LogP contribution in [0.15, 0.2) is 28.7 Å². The Hall–Kier alpha value is -1.14. The van der Waals surface area contributed by atoms with Gasteiger partial charge in [0.1, 0.15) is 5.75 Å². The summed E-state index contributed by atoms with van der Waals surface area (Å²) >= 11 is 3.36. The second kappa shape index (κ2) is 7.92. The molecule has 122 valence electrons. The number of nitrogens with two attached hydrogens (primary N) is 1. The summed E-state index contributed by atoms with van der Waals surface area (Å²) in [5.74, 6) is 0.133. The van der Waals surface area contributed by atoms with Gasteiger partial charge in [0, 0.05) is 30.0 Å². The van der Waals surface area contributed by atoms with E-state index in [2.05, 4.69) is 15.9 Å². The Morgan fingerprint density at radius 1 is 1.45 bits per heavy atom. The van der Waals surface area contributed by atoms with E-state index in [1.165, 1.54) is 4.90 Å². The summed E-state index contributed by atoms with van der Waals surface area (Å²) in [6.45, 7) is 0.971. The molecule has 0 radical (unpaired) electrons. The molecule has 0 saturated heterocycles. The van der Waals surface area contributed by atoms with Crippen LogP contribution in [0.25, 0.3) is 0 Å². The lowest BCUT2D eigenvalue weighted by Gasteiger charge is -2.35. The van der Waals surface area contributed by atoms with E-state index in [4.69, 9.17) is 10.5 Å². The van der Waals surface area contributed by atoms with E-state index in [1.54, 1.807) is 7.05 Å². The molecule has 6 heteroatoms. The zero-order valence-corrected chi connectivity index (χ0v) is 14.3. The molecule has 0 heterocycles. The number of amides is 1. The molecule has 1 aliphatic carbocycles. The van der Waals surface area contributed by atoms with Gasteiger partial charge in [-0.15, -0.1) is 0 Å². The summed E-state index contributed by atoms with van der Waals surface area (Å²) < 4.78 is 20.6. The third-order valence-electron chi connectivity index (χ3n) is 3.96. The van der Waals surface area contributed by atoms with Gasteiger partial charge in [-0.25, -0.2) is 4.39 Å². The topological polar surface area (TPSA) is 55.6 Å². The summed E-state index contributed by atoms with van der Waals surface area (Å²) in [4.78, 5) is 13.4. The Morgan fingerprint density at radius 2 is 2.09 bits per heavy atom. The molecule has 0 spiro atoms. The van der Waals surface area contributed by atoms with Crippen LogP contribution in [0.4, 0.5) is 4.39 Å². The first-order valence-corrected chi connectivity index (χ1v) is 8.29. The van der Waals surface area contributed by atoms with E-state index < -0.39 is 12.1 Å². The van der Waals surface area contributed by atoms with E-state index in [0.29, 0.717) is 32.4 Å². The predicted octanol–water partition coefficient (Wildman–Crippen LogP) is 2.75. The van der Waals surface area contributed by atoms with Crippen molar-refractivity contribution in [1.29, 1.82) is 0 Å². The van der Waals surface area contributed by atoms with Gasteiger partial charge >= 0.3 is 0 Å². The molecule has 1 atom stereocenters. The molecular weight excluding hydrogens is 351 g/mol. The molecule has 1 saturated carbocycles. The van der Waals surface area contributed by atoms with Crippen molar-refractivity contribution < 1.29 is 13.9 Å². The van der Waals surface area contributed by atoms with Gasteiger partial charge in [0.05, 0.1) is 6.61 Å². The highest BCUT2D eigenvalue weighted by molar-refractivity contribution is 9.10. The maximum Gasteiger partial charge on any atom is 0.257 e. The number of carbonyl (C=O) groups is 1. The third-order valence-corrected chi connectivity index (χ3v) is 4.49. The Bertz CT molecular complexity index is 491. The number of ether oxygens (including phenoxy) is 1. The Kier molecular flexibility index (Phi) is 6.20. The number of nitrogens with zero attached hydrogens (tertiary/aromatic N) is 1. The molecule has 0 aromatic heterocycles. The van der Waals surface area contributed by atoms with Crippen LogP contribution in [0.3, 0.4) is 0 Å². The zero-order valence-electron chi connectivity index (χ0n) is 12.7. The maximum absolute atomic E-state index is 14.0. The lowest BCUT2D eigenvalue weighted by Crippen LogP contribution is -2.47. The number of alkyl halides is 1. The summed E-state index contributed by atoms with van der Waals surface area (Å²) in [5.41, 5.74) is 5.63. The van der Waals surface area contributed by atoms with Gasteiger partial charge in [-0.1, -0.05) is 15.9 Å². The van der Waals surface area contributed by atoms with Gasteiger partial charge in [0.25, 0.3) is 5.91 Å². The number of carbonyl (C=O) groups excluding carboxylic acids is 1. The Labute approximate surface area is 138 Å². The summed E-state index contributed by atoms with van der Waals surface area (Å²) in [7, 11) is 1.63. The molecule has 1 fully saturated rings. The fourth-order valence-corrected chi connectivity index (χ4v) is 2.76. The second-order valence-corrected chi connectivity index (χ2v) is 6.72. The van der Waals surface area contributed by atoms with Crippen LogP contribution in [0, 0.1) is 5.92 Å². The van der Waals surface area contributed by atoms with Crippen molar-refractivity contribution in [1.82, 2.24) is 4.90 Å². The van der Waals surface area contributed by atoms with Crippen LogP contribution < -0.4 is 10.5 Å². The average molecular weight is 373 g/mol. The molecule has 1 unspecified atom stereocenters. The highest BCUT2D eigenvalue weighted by atomic mass is 79.9. The van der Waals surface area contributed by atoms with Crippen molar-refractivity contribution in [2.45, 2.75) is 31.5 Å². The number of rotatable bonds is 7. The lowest BCUT2D eigenvalue weighted by atomic mass is 9.77. The molecule has 1 aromatic rings. The van der Waals surface area contributed by atoms with Gasteiger partial charge in [-0.2, -0.15) is 0 Å². The first kappa shape index (κ1) is 17.2. The standard InChI is InChI=1S/C16H22BrFN2O2/c1-20(16(21)15(18)11-9-13(19)10-11)7-2-8-22-14-5-3-12(17)4-6-14/h3-6,11,13,15H,2,7-10,19H2,1H3. The SMILES string of the molecule is CN(CCCOc1ccc(Br)cc1)C(=O)C(F)C1CC(N)C1. The maximum atomic E-state index is 14.0.